The minimum Gasteiger partial charge on any atom is -0.477 e. The van der Waals surface area contributed by atoms with E-state index in [1.165, 1.54) is 6.07 Å². The van der Waals surface area contributed by atoms with Crippen LogP contribution in [-0.4, -0.2) is 62.4 Å². The van der Waals surface area contributed by atoms with E-state index in [2.05, 4.69) is 0 Å². The Kier molecular flexibility index (Phi) is 7.21. The van der Waals surface area contributed by atoms with Gasteiger partial charge in [-0.2, -0.15) is 0 Å². The zero-order chi connectivity index (χ0) is 15.0. The molecule has 6 nitrogen and oxygen atoms in total. The minimum atomic E-state index is -1.02. The fourth-order valence-corrected chi connectivity index (χ4v) is 2.45. The number of aromatic carboxylic acids is 1. The maximum absolute atomic E-state index is 12.3. The van der Waals surface area contributed by atoms with Gasteiger partial charge in [-0.1, -0.05) is 0 Å². The van der Waals surface area contributed by atoms with Gasteiger partial charge >= 0.3 is 5.97 Å². The SMILES string of the molecule is COCCCN(CCOC)C(=O)c1ccc(C(=O)O)s1. The number of amides is 1. The van der Waals surface area contributed by atoms with Crippen LogP contribution in [0, 0.1) is 0 Å². The van der Waals surface area contributed by atoms with Gasteiger partial charge in [-0.3, -0.25) is 4.79 Å². The van der Waals surface area contributed by atoms with Gasteiger partial charge in [0.2, 0.25) is 0 Å². The molecule has 0 radical (unpaired) electrons. The largest absolute Gasteiger partial charge is 0.477 e. The van der Waals surface area contributed by atoms with E-state index in [0.29, 0.717) is 31.2 Å². The monoisotopic (exact) mass is 301 g/mol. The van der Waals surface area contributed by atoms with E-state index < -0.39 is 5.97 Å². The van der Waals surface area contributed by atoms with Crippen LogP contribution in [0.15, 0.2) is 12.1 Å². The normalized spacial score (nSPS) is 10.5. The number of hydrogen-bond acceptors (Lipinski definition) is 5. The summed E-state index contributed by atoms with van der Waals surface area (Å²) in [7, 11) is 3.19. The highest BCUT2D eigenvalue weighted by Crippen LogP contribution is 2.18. The van der Waals surface area contributed by atoms with Crippen molar-refractivity contribution in [1.82, 2.24) is 4.90 Å². The van der Waals surface area contributed by atoms with Crippen molar-refractivity contribution >= 4 is 23.2 Å². The average Bonchev–Trinajstić information content (AvgIpc) is 2.92. The number of nitrogens with zero attached hydrogens (tertiary/aromatic N) is 1. The predicted octanol–water partition coefficient (Wildman–Crippen LogP) is 1.57. The van der Waals surface area contributed by atoms with Crippen molar-refractivity contribution in [3.05, 3.63) is 21.9 Å². The molecule has 7 heteroatoms. The lowest BCUT2D eigenvalue weighted by molar-refractivity contribution is 0.0677. The van der Waals surface area contributed by atoms with Gasteiger partial charge in [-0.15, -0.1) is 11.3 Å². The van der Waals surface area contributed by atoms with Gasteiger partial charge in [0.15, 0.2) is 0 Å². The van der Waals surface area contributed by atoms with Crippen molar-refractivity contribution in [2.24, 2.45) is 0 Å². The first-order valence-electron chi connectivity index (χ1n) is 6.20. The zero-order valence-corrected chi connectivity index (χ0v) is 12.4. The van der Waals surface area contributed by atoms with Gasteiger partial charge in [0.05, 0.1) is 11.5 Å². The van der Waals surface area contributed by atoms with Gasteiger partial charge in [-0.25, -0.2) is 4.79 Å². The number of carbonyl (C=O) groups is 2. The molecule has 0 aliphatic heterocycles. The van der Waals surface area contributed by atoms with Gasteiger partial charge < -0.3 is 19.5 Å². The van der Waals surface area contributed by atoms with Crippen molar-refractivity contribution in [2.45, 2.75) is 6.42 Å². The van der Waals surface area contributed by atoms with E-state index in [1.54, 1.807) is 25.2 Å². The molecule has 0 spiro atoms. The first-order chi connectivity index (χ1) is 9.60. The van der Waals surface area contributed by atoms with Crippen LogP contribution in [0.2, 0.25) is 0 Å². The summed E-state index contributed by atoms with van der Waals surface area (Å²) in [4.78, 5) is 25.4. The molecule has 0 fully saturated rings. The molecule has 0 saturated heterocycles. The number of rotatable bonds is 9. The zero-order valence-electron chi connectivity index (χ0n) is 11.6. The van der Waals surface area contributed by atoms with Crippen molar-refractivity contribution in [3.63, 3.8) is 0 Å². The van der Waals surface area contributed by atoms with Crippen molar-refractivity contribution in [3.8, 4) is 0 Å². The Morgan fingerprint density at radius 1 is 1.15 bits per heavy atom. The highest BCUT2D eigenvalue weighted by molar-refractivity contribution is 7.15. The second-order valence-electron chi connectivity index (χ2n) is 4.10. The Hall–Kier alpha value is -1.44. The number of carboxylic acid groups (broad SMARTS) is 1. The summed E-state index contributed by atoms with van der Waals surface area (Å²) < 4.78 is 9.97. The van der Waals surface area contributed by atoms with Gasteiger partial charge in [0.1, 0.15) is 4.88 Å². The molecule has 1 rings (SSSR count). The first kappa shape index (κ1) is 16.6. The Labute approximate surface area is 121 Å². The van der Waals surface area contributed by atoms with E-state index in [-0.39, 0.29) is 10.8 Å². The van der Waals surface area contributed by atoms with E-state index in [0.717, 1.165) is 17.8 Å². The molecule has 0 unspecified atom stereocenters. The second kappa shape index (κ2) is 8.68. The van der Waals surface area contributed by atoms with E-state index in [4.69, 9.17) is 14.6 Å². The maximum atomic E-state index is 12.3. The van der Waals surface area contributed by atoms with Gasteiger partial charge in [-0.05, 0) is 18.6 Å². The van der Waals surface area contributed by atoms with E-state index in [1.807, 2.05) is 0 Å². The van der Waals surface area contributed by atoms with Gasteiger partial charge in [0, 0.05) is 33.9 Å². The quantitative estimate of drug-likeness (QED) is 0.701. The van der Waals surface area contributed by atoms with Crippen molar-refractivity contribution in [2.75, 3.05) is 40.5 Å². The number of hydrogen-bond donors (Lipinski definition) is 1. The third-order valence-corrected chi connectivity index (χ3v) is 3.72. The third-order valence-electron chi connectivity index (χ3n) is 2.66. The lowest BCUT2D eigenvalue weighted by atomic mass is 10.3. The number of ether oxygens (including phenoxy) is 2. The van der Waals surface area contributed by atoms with Gasteiger partial charge in [0.25, 0.3) is 5.91 Å². The summed E-state index contributed by atoms with van der Waals surface area (Å²) >= 11 is 0.987. The lowest BCUT2D eigenvalue weighted by Gasteiger charge is -2.21. The van der Waals surface area contributed by atoms with Crippen LogP contribution in [0.4, 0.5) is 0 Å². The molecule has 112 valence electrons. The topological polar surface area (TPSA) is 76.1 Å². The lowest BCUT2D eigenvalue weighted by Crippen LogP contribution is -2.34. The Bertz CT molecular complexity index is 446. The first-order valence-corrected chi connectivity index (χ1v) is 7.02. The smallest absolute Gasteiger partial charge is 0.345 e. The molecule has 0 aliphatic rings. The fourth-order valence-electron chi connectivity index (χ4n) is 1.64. The molecular formula is C13H19NO5S. The standard InChI is InChI=1S/C13H19NO5S/c1-18-8-3-6-14(7-9-19-2)12(15)10-4-5-11(20-10)13(16)17/h4-5H,3,6-9H2,1-2H3,(H,16,17). The molecule has 1 aromatic rings. The van der Waals surface area contributed by atoms with Crippen LogP contribution in [0.3, 0.4) is 0 Å². The number of carbonyl (C=O) groups excluding carboxylic acids is 1. The molecule has 0 aliphatic carbocycles. The van der Waals surface area contributed by atoms with E-state index in [9.17, 15) is 9.59 Å². The van der Waals surface area contributed by atoms with Crippen LogP contribution >= 0.6 is 11.3 Å². The molecule has 0 saturated carbocycles. The van der Waals surface area contributed by atoms with Crippen LogP contribution in [0.5, 0.6) is 0 Å². The summed E-state index contributed by atoms with van der Waals surface area (Å²) in [5.41, 5.74) is 0. The Balaban J connectivity index is 2.71. The summed E-state index contributed by atoms with van der Waals surface area (Å²) in [6, 6.07) is 3.00. The Morgan fingerprint density at radius 2 is 1.80 bits per heavy atom. The van der Waals surface area contributed by atoms with Crippen molar-refractivity contribution in [1.29, 1.82) is 0 Å². The van der Waals surface area contributed by atoms with Crippen LogP contribution < -0.4 is 0 Å². The molecule has 1 heterocycles. The molecule has 0 atom stereocenters. The maximum Gasteiger partial charge on any atom is 0.345 e. The molecule has 1 aromatic heterocycles. The highest BCUT2D eigenvalue weighted by Gasteiger charge is 2.18. The molecule has 20 heavy (non-hydrogen) atoms. The summed E-state index contributed by atoms with van der Waals surface area (Å²) in [6.45, 7) is 2.03. The third kappa shape index (κ3) is 4.92. The van der Waals surface area contributed by atoms with Crippen LogP contribution in [0.1, 0.15) is 25.8 Å². The highest BCUT2D eigenvalue weighted by atomic mass is 32.1. The number of methoxy groups -OCH3 is 2. The summed E-state index contributed by atoms with van der Waals surface area (Å²) in [6.07, 6.45) is 0.725. The molecule has 1 N–H and O–H groups in total. The van der Waals surface area contributed by atoms with Crippen LogP contribution in [-0.2, 0) is 9.47 Å². The van der Waals surface area contributed by atoms with E-state index >= 15 is 0 Å². The minimum absolute atomic E-state index is 0.164. The summed E-state index contributed by atoms with van der Waals surface area (Å²) in [5, 5.41) is 8.88. The number of carboxylic acids is 1. The van der Waals surface area contributed by atoms with Crippen molar-refractivity contribution < 1.29 is 24.2 Å². The average molecular weight is 301 g/mol. The van der Waals surface area contributed by atoms with Crippen LogP contribution in [0.25, 0.3) is 0 Å². The summed E-state index contributed by atoms with van der Waals surface area (Å²) in [5.74, 6) is -1.19. The predicted molar refractivity (Wildman–Crippen MR) is 75.6 cm³/mol. The molecule has 0 bridgehead atoms. The molecular weight excluding hydrogens is 282 g/mol. The number of thiophene rings is 1. The molecule has 1 amide bonds. The molecule has 0 aromatic carbocycles. The fraction of sp³-hybridized carbons (Fsp3) is 0.538. The Morgan fingerprint density at radius 3 is 2.35 bits per heavy atom. The second-order valence-corrected chi connectivity index (χ2v) is 5.18.